The molecule has 0 nitrogen and oxygen atoms in total. The summed E-state index contributed by atoms with van der Waals surface area (Å²) in [5.74, 6) is 6.67. The molecule has 0 amide bonds. The van der Waals surface area contributed by atoms with Crippen molar-refractivity contribution in [1.82, 2.24) is 0 Å². The molecule has 156 valence electrons. The van der Waals surface area contributed by atoms with E-state index in [9.17, 15) is 0 Å². The SMILES string of the molecule is CCCCCCCc1ccc2cc(C#Cc3ccc(CCCCC)cc3)ccc2c1. The van der Waals surface area contributed by atoms with Crippen molar-refractivity contribution in [2.24, 2.45) is 0 Å². The minimum atomic E-state index is 1.09. The third-order valence-electron chi connectivity index (χ3n) is 5.85. The van der Waals surface area contributed by atoms with Crippen molar-refractivity contribution in [3.8, 4) is 11.8 Å². The Kier molecular flexibility index (Phi) is 9.04. The summed E-state index contributed by atoms with van der Waals surface area (Å²) in [5, 5.41) is 2.60. The number of fused-ring (bicyclic) bond motifs is 1. The predicted octanol–water partition coefficient (Wildman–Crippen LogP) is 8.49. The maximum absolute atomic E-state index is 3.34. The van der Waals surface area contributed by atoms with Gasteiger partial charge in [0.05, 0.1) is 0 Å². The monoisotopic (exact) mass is 396 g/mol. The smallest absolute Gasteiger partial charge is 0.0255 e. The second kappa shape index (κ2) is 12.2. The standard InChI is InChI=1S/C30H36/c1-3-5-7-8-10-12-27-19-21-30-24-28(20-22-29(30)23-27)18-17-26-15-13-25(14-16-26)11-9-6-4-2/h13-16,19-24H,3-12H2,1-2H3. The van der Waals surface area contributed by atoms with E-state index in [2.05, 4.69) is 86.4 Å². The number of hydrogen-bond donors (Lipinski definition) is 0. The molecule has 0 aliphatic carbocycles. The third kappa shape index (κ3) is 7.07. The molecule has 0 spiro atoms. The summed E-state index contributed by atoms with van der Waals surface area (Å²) in [4.78, 5) is 0. The van der Waals surface area contributed by atoms with Crippen LogP contribution in [0.5, 0.6) is 0 Å². The Balaban J connectivity index is 1.60. The van der Waals surface area contributed by atoms with Gasteiger partial charge in [0, 0.05) is 11.1 Å². The normalized spacial score (nSPS) is 10.7. The number of aryl methyl sites for hydroxylation is 2. The Morgan fingerprint density at radius 1 is 0.500 bits per heavy atom. The quantitative estimate of drug-likeness (QED) is 0.238. The fraction of sp³-hybridized carbons (Fsp3) is 0.400. The van der Waals surface area contributed by atoms with E-state index < -0.39 is 0 Å². The van der Waals surface area contributed by atoms with Crippen LogP contribution < -0.4 is 0 Å². The fourth-order valence-corrected chi connectivity index (χ4v) is 3.94. The van der Waals surface area contributed by atoms with Gasteiger partial charge in [0.25, 0.3) is 0 Å². The summed E-state index contributed by atoms with van der Waals surface area (Å²) in [7, 11) is 0. The van der Waals surface area contributed by atoms with Crippen molar-refractivity contribution >= 4 is 10.8 Å². The van der Waals surface area contributed by atoms with Crippen LogP contribution in [0.25, 0.3) is 10.8 Å². The lowest BCUT2D eigenvalue weighted by atomic mass is 10.0. The topological polar surface area (TPSA) is 0 Å². The zero-order valence-electron chi connectivity index (χ0n) is 18.8. The average Bonchev–Trinajstić information content (AvgIpc) is 2.78. The van der Waals surface area contributed by atoms with E-state index in [1.165, 1.54) is 86.1 Å². The van der Waals surface area contributed by atoms with Crippen LogP contribution in [0, 0.1) is 11.8 Å². The van der Waals surface area contributed by atoms with Gasteiger partial charge in [-0.2, -0.15) is 0 Å². The van der Waals surface area contributed by atoms with Gasteiger partial charge in [-0.3, -0.25) is 0 Å². The highest BCUT2D eigenvalue weighted by atomic mass is 14.0. The van der Waals surface area contributed by atoms with E-state index in [1.807, 2.05) is 0 Å². The first kappa shape index (κ1) is 22.2. The highest BCUT2D eigenvalue weighted by Gasteiger charge is 1.99. The Morgan fingerprint density at radius 2 is 1.03 bits per heavy atom. The van der Waals surface area contributed by atoms with Crippen LogP contribution >= 0.6 is 0 Å². The van der Waals surface area contributed by atoms with Crippen LogP contribution in [0.15, 0.2) is 60.7 Å². The number of rotatable bonds is 10. The van der Waals surface area contributed by atoms with E-state index in [0.717, 1.165) is 11.1 Å². The molecule has 0 saturated heterocycles. The fourth-order valence-electron chi connectivity index (χ4n) is 3.94. The number of unbranched alkanes of at least 4 members (excludes halogenated alkanes) is 6. The largest absolute Gasteiger partial charge is 0.0654 e. The molecule has 0 radical (unpaired) electrons. The molecule has 3 aromatic rings. The Bertz CT molecular complexity index is 966. The molecule has 30 heavy (non-hydrogen) atoms. The van der Waals surface area contributed by atoms with Crippen molar-refractivity contribution in [3.05, 3.63) is 82.9 Å². The molecular formula is C30H36. The van der Waals surface area contributed by atoms with Gasteiger partial charge in [0.15, 0.2) is 0 Å². The molecule has 3 aromatic carbocycles. The van der Waals surface area contributed by atoms with Crippen molar-refractivity contribution in [2.45, 2.75) is 78.1 Å². The van der Waals surface area contributed by atoms with E-state index >= 15 is 0 Å². The van der Waals surface area contributed by atoms with Crippen LogP contribution in [0.1, 0.15) is 87.5 Å². The van der Waals surface area contributed by atoms with E-state index in [-0.39, 0.29) is 0 Å². The third-order valence-corrected chi connectivity index (χ3v) is 5.85. The lowest BCUT2D eigenvalue weighted by molar-refractivity contribution is 0.632. The summed E-state index contributed by atoms with van der Waals surface area (Å²) in [6.07, 6.45) is 12.9. The van der Waals surface area contributed by atoms with Crippen LogP contribution in [0.2, 0.25) is 0 Å². The minimum Gasteiger partial charge on any atom is -0.0654 e. The summed E-state index contributed by atoms with van der Waals surface area (Å²) in [6, 6.07) is 22.2. The highest BCUT2D eigenvalue weighted by molar-refractivity contribution is 5.84. The summed E-state index contributed by atoms with van der Waals surface area (Å²) >= 11 is 0. The summed E-state index contributed by atoms with van der Waals surface area (Å²) in [5.41, 5.74) is 5.05. The van der Waals surface area contributed by atoms with Gasteiger partial charge >= 0.3 is 0 Å². The van der Waals surface area contributed by atoms with Gasteiger partial charge in [-0.15, -0.1) is 0 Å². The van der Waals surface area contributed by atoms with Gasteiger partial charge in [-0.1, -0.05) is 101 Å². The molecule has 0 heteroatoms. The Labute approximate surface area is 183 Å². The number of hydrogen-bond acceptors (Lipinski definition) is 0. The van der Waals surface area contributed by atoms with Gasteiger partial charge in [0.2, 0.25) is 0 Å². The van der Waals surface area contributed by atoms with Gasteiger partial charge in [-0.25, -0.2) is 0 Å². The molecule has 0 aliphatic heterocycles. The molecule has 0 aromatic heterocycles. The van der Waals surface area contributed by atoms with E-state index in [4.69, 9.17) is 0 Å². The van der Waals surface area contributed by atoms with Gasteiger partial charge in [0.1, 0.15) is 0 Å². The van der Waals surface area contributed by atoms with Crippen LogP contribution in [-0.4, -0.2) is 0 Å². The number of benzene rings is 3. The van der Waals surface area contributed by atoms with Crippen LogP contribution in [-0.2, 0) is 12.8 Å². The lowest BCUT2D eigenvalue weighted by Crippen LogP contribution is -1.87. The Morgan fingerprint density at radius 3 is 1.83 bits per heavy atom. The van der Waals surface area contributed by atoms with Crippen molar-refractivity contribution < 1.29 is 0 Å². The zero-order valence-corrected chi connectivity index (χ0v) is 18.8. The second-order valence-electron chi connectivity index (χ2n) is 8.46. The highest BCUT2D eigenvalue weighted by Crippen LogP contribution is 2.19. The lowest BCUT2D eigenvalue weighted by Gasteiger charge is -2.05. The Hall–Kier alpha value is -2.52. The van der Waals surface area contributed by atoms with E-state index in [1.54, 1.807) is 0 Å². The second-order valence-corrected chi connectivity index (χ2v) is 8.46. The minimum absolute atomic E-state index is 1.09. The van der Waals surface area contributed by atoms with Gasteiger partial charge in [-0.05, 0) is 71.8 Å². The average molecular weight is 397 g/mol. The molecule has 0 unspecified atom stereocenters. The molecule has 0 heterocycles. The van der Waals surface area contributed by atoms with Crippen molar-refractivity contribution in [2.75, 3.05) is 0 Å². The van der Waals surface area contributed by atoms with Crippen molar-refractivity contribution in [1.29, 1.82) is 0 Å². The maximum Gasteiger partial charge on any atom is 0.0255 e. The molecule has 0 atom stereocenters. The summed E-state index contributed by atoms with van der Waals surface area (Å²) < 4.78 is 0. The zero-order chi connectivity index (χ0) is 21.0. The molecule has 0 fully saturated rings. The molecule has 0 saturated carbocycles. The maximum atomic E-state index is 3.34. The van der Waals surface area contributed by atoms with Crippen LogP contribution in [0.3, 0.4) is 0 Å². The first-order valence-electron chi connectivity index (χ1n) is 11.9. The first-order valence-corrected chi connectivity index (χ1v) is 11.9. The molecule has 3 rings (SSSR count). The molecule has 0 bridgehead atoms. The van der Waals surface area contributed by atoms with Crippen LogP contribution in [0.4, 0.5) is 0 Å². The first-order chi connectivity index (χ1) is 14.8. The molecular weight excluding hydrogens is 360 g/mol. The predicted molar refractivity (Wildman–Crippen MR) is 132 cm³/mol. The van der Waals surface area contributed by atoms with Crippen molar-refractivity contribution in [3.63, 3.8) is 0 Å². The molecule has 0 aliphatic rings. The summed E-state index contributed by atoms with van der Waals surface area (Å²) in [6.45, 7) is 4.52. The van der Waals surface area contributed by atoms with Gasteiger partial charge < -0.3 is 0 Å². The molecule has 0 N–H and O–H groups in total. The van der Waals surface area contributed by atoms with E-state index in [0.29, 0.717) is 0 Å².